The third kappa shape index (κ3) is 0.780. The molecule has 0 bridgehead atoms. The monoisotopic (exact) mass is 164 g/mol. The van der Waals surface area contributed by atoms with Gasteiger partial charge >= 0.3 is 0 Å². The molecular formula is C8H8N2O2. The molecule has 2 rings (SSSR count). The van der Waals surface area contributed by atoms with Crippen LogP contribution in [0.4, 0.5) is 0 Å². The molecule has 0 aliphatic carbocycles. The van der Waals surface area contributed by atoms with Crippen LogP contribution in [0.25, 0.3) is 10.9 Å². The second-order valence-electron chi connectivity index (χ2n) is 2.62. The molecule has 62 valence electrons. The van der Waals surface area contributed by atoms with E-state index in [0.717, 1.165) is 5.39 Å². The van der Waals surface area contributed by atoms with Crippen LogP contribution in [0.3, 0.4) is 0 Å². The van der Waals surface area contributed by atoms with Crippen molar-refractivity contribution in [2.45, 2.75) is 0 Å². The molecular weight excluding hydrogens is 156 g/mol. The van der Waals surface area contributed by atoms with Crippen molar-refractivity contribution in [2.24, 2.45) is 0 Å². The number of hydrogen-bond acceptors (Lipinski definition) is 3. The summed E-state index contributed by atoms with van der Waals surface area (Å²) in [6.07, 6.45) is 1.66. The van der Waals surface area contributed by atoms with Crippen LogP contribution in [0.1, 0.15) is 0 Å². The maximum absolute atomic E-state index is 9.14. The molecule has 1 aromatic carbocycles. The van der Waals surface area contributed by atoms with Crippen LogP contribution in [-0.4, -0.2) is 14.9 Å². The second kappa shape index (κ2) is 2.07. The van der Waals surface area contributed by atoms with Crippen LogP contribution in [-0.2, 0) is 0 Å². The number of nitrogens with two attached hydrogens (primary N) is 1. The molecule has 12 heavy (non-hydrogen) atoms. The lowest BCUT2D eigenvalue weighted by Gasteiger charge is -1.99. The minimum absolute atomic E-state index is 0.131. The summed E-state index contributed by atoms with van der Waals surface area (Å²) in [4.78, 5) is 0. The highest BCUT2D eigenvalue weighted by Crippen LogP contribution is 2.29. The molecule has 0 amide bonds. The van der Waals surface area contributed by atoms with E-state index in [1.54, 1.807) is 12.3 Å². The van der Waals surface area contributed by atoms with Gasteiger partial charge in [-0.1, -0.05) is 0 Å². The van der Waals surface area contributed by atoms with Crippen molar-refractivity contribution in [1.29, 1.82) is 0 Å². The van der Waals surface area contributed by atoms with Gasteiger partial charge in [-0.2, -0.15) is 0 Å². The van der Waals surface area contributed by atoms with Crippen LogP contribution < -0.4 is 5.84 Å². The van der Waals surface area contributed by atoms with E-state index in [4.69, 9.17) is 16.1 Å². The number of fused-ring (bicyclic) bond motifs is 1. The molecule has 1 aromatic heterocycles. The first kappa shape index (κ1) is 6.84. The average molecular weight is 164 g/mol. The molecule has 0 unspecified atom stereocenters. The third-order valence-corrected chi connectivity index (χ3v) is 1.82. The summed E-state index contributed by atoms with van der Waals surface area (Å²) in [6, 6.07) is 4.65. The first-order valence-electron chi connectivity index (χ1n) is 3.46. The fourth-order valence-corrected chi connectivity index (χ4v) is 1.18. The Labute approximate surface area is 68.4 Å². The van der Waals surface area contributed by atoms with Crippen LogP contribution >= 0.6 is 0 Å². The highest BCUT2D eigenvalue weighted by atomic mass is 16.3. The summed E-state index contributed by atoms with van der Waals surface area (Å²) >= 11 is 0. The van der Waals surface area contributed by atoms with Gasteiger partial charge in [0.25, 0.3) is 0 Å². The van der Waals surface area contributed by atoms with Gasteiger partial charge < -0.3 is 16.1 Å². The molecule has 1 heterocycles. The normalized spacial score (nSPS) is 10.7. The second-order valence-corrected chi connectivity index (χ2v) is 2.62. The smallest absolute Gasteiger partial charge is 0.159 e. The fourth-order valence-electron chi connectivity index (χ4n) is 1.18. The van der Waals surface area contributed by atoms with E-state index in [1.165, 1.54) is 16.8 Å². The topological polar surface area (TPSA) is 71.4 Å². The summed E-state index contributed by atoms with van der Waals surface area (Å²) < 4.78 is 1.38. The number of nitrogens with zero attached hydrogens (tertiary/aromatic N) is 1. The van der Waals surface area contributed by atoms with Crippen molar-refractivity contribution in [1.82, 2.24) is 4.68 Å². The number of hydrogen-bond donors (Lipinski definition) is 3. The zero-order valence-corrected chi connectivity index (χ0v) is 6.23. The van der Waals surface area contributed by atoms with Gasteiger partial charge in [0.15, 0.2) is 11.5 Å². The Morgan fingerprint density at radius 2 is 1.83 bits per heavy atom. The molecule has 4 nitrogen and oxygen atoms in total. The molecule has 0 saturated carbocycles. The molecule has 0 saturated heterocycles. The van der Waals surface area contributed by atoms with Crippen molar-refractivity contribution in [2.75, 3.05) is 5.84 Å². The lowest BCUT2D eigenvalue weighted by molar-refractivity contribution is 0.405. The van der Waals surface area contributed by atoms with Crippen molar-refractivity contribution in [3.8, 4) is 11.5 Å². The van der Waals surface area contributed by atoms with Crippen molar-refractivity contribution >= 4 is 10.9 Å². The SMILES string of the molecule is Nn1ccc2cc(O)c(O)cc21. The number of rotatable bonds is 0. The molecule has 0 fully saturated rings. The van der Waals surface area contributed by atoms with Gasteiger partial charge in [-0.3, -0.25) is 4.68 Å². The largest absolute Gasteiger partial charge is 0.504 e. The van der Waals surface area contributed by atoms with E-state index in [-0.39, 0.29) is 11.5 Å². The quantitative estimate of drug-likeness (QED) is 0.397. The Hall–Kier alpha value is -1.84. The molecule has 2 aromatic rings. The van der Waals surface area contributed by atoms with Gasteiger partial charge in [-0.05, 0) is 12.1 Å². The predicted molar refractivity (Wildman–Crippen MR) is 45.4 cm³/mol. The number of nitrogen functional groups attached to an aromatic ring is 1. The molecule has 0 radical (unpaired) electrons. The zero-order valence-electron chi connectivity index (χ0n) is 6.23. The number of phenols is 2. The van der Waals surface area contributed by atoms with Crippen molar-refractivity contribution in [3.05, 3.63) is 24.4 Å². The van der Waals surface area contributed by atoms with E-state index in [0.29, 0.717) is 5.52 Å². The Balaban J connectivity index is 2.87. The Bertz CT molecular complexity index is 434. The molecule has 0 aliphatic heterocycles. The number of aromatic hydroxyl groups is 2. The maximum Gasteiger partial charge on any atom is 0.159 e. The predicted octanol–water partition coefficient (Wildman–Crippen LogP) is 0.766. The van der Waals surface area contributed by atoms with Gasteiger partial charge in [-0.15, -0.1) is 0 Å². The standard InChI is InChI=1S/C8H8N2O2/c9-10-2-1-5-3-7(11)8(12)4-6(5)10/h1-4,11-12H,9H2. The molecule has 0 spiro atoms. The molecule has 0 atom stereocenters. The van der Waals surface area contributed by atoms with Crippen LogP contribution in [0.2, 0.25) is 0 Å². The lowest BCUT2D eigenvalue weighted by atomic mass is 10.2. The lowest BCUT2D eigenvalue weighted by Crippen LogP contribution is -2.04. The first-order valence-corrected chi connectivity index (χ1v) is 3.46. The summed E-state index contributed by atoms with van der Waals surface area (Å²) in [6.45, 7) is 0. The number of phenolic OH excluding ortho intramolecular Hbond substituents is 2. The van der Waals surface area contributed by atoms with Gasteiger partial charge in [0, 0.05) is 17.6 Å². The zero-order chi connectivity index (χ0) is 8.72. The van der Waals surface area contributed by atoms with Gasteiger partial charge in [0.2, 0.25) is 0 Å². The molecule has 4 heteroatoms. The average Bonchev–Trinajstić information content (AvgIpc) is 2.35. The minimum atomic E-state index is -0.159. The highest BCUT2D eigenvalue weighted by Gasteiger charge is 2.04. The first-order chi connectivity index (χ1) is 5.68. The Morgan fingerprint density at radius 1 is 1.17 bits per heavy atom. The molecule has 4 N–H and O–H groups in total. The van der Waals surface area contributed by atoms with Gasteiger partial charge in [0.05, 0.1) is 5.52 Å². The van der Waals surface area contributed by atoms with Crippen molar-refractivity contribution in [3.63, 3.8) is 0 Å². The van der Waals surface area contributed by atoms with E-state index >= 15 is 0 Å². The van der Waals surface area contributed by atoms with Crippen LogP contribution in [0, 0.1) is 0 Å². The summed E-state index contributed by atoms with van der Waals surface area (Å²) in [5, 5.41) is 19.1. The summed E-state index contributed by atoms with van der Waals surface area (Å²) in [5.74, 6) is 5.23. The van der Waals surface area contributed by atoms with Crippen LogP contribution in [0.15, 0.2) is 24.4 Å². The number of aromatic nitrogens is 1. The van der Waals surface area contributed by atoms with Gasteiger partial charge in [0.1, 0.15) is 0 Å². The van der Waals surface area contributed by atoms with E-state index in [9.17, 15) is 0 Å². The Morgan fingerprint density at radius 3 is 2.58 bits per heavy atom. The van der Waals surface area contributed by atoms with Gasteiger partial charge in [-0.25, -0.2) is 0 Å². The highest BCUT2D eigenvalue weighted by molar-refractivity contribution is 5.83. The van der Waals surface area contributed by atoms with Crippen LogP contribution in [0.5, 0.6) is 11.5 Å². The van der Waals surface area contributed by atoms with Crippen molar-refractivity contribution < 1.29 is 10.2 Å². The van der Waals surface area contributed by atoms with E-state index in [1.807, 2.05) is 0 Å². The maximum atomic E-state index is 9.14. The third-order valence-electron chi connectivity index (χ3n) is 1.82. The Kier molecular flexibility index (Phi) is 1.18. The number of benzene rings is 1. The molecule has 0 aliphatic rings. The summed E-state index contributed by atoms with van der Waals surface area (Å²) in [7, 11) is 0. The van der Waals surface area contributed by atoms with E-state index < -0.39 is 0 Å². The fraction of sp³-hybridized carbons (Fsp3) is 0. The minimum Gasteiger partial charge on any atom is -0.504 e. The van der Waals surface area contributed by atoms with E-state index in [2.05, 4.69) is 0 Å². The summed E-state index contributed by atoms with van der Waals surface area (Å²) in [5.41, 5.74) is 0.685.